The molecule has 1 heteroatoms. The van der Waals surface area contributed by atoms with Gasteiger partial charge in [0.25, 0.3) is 0 Å². The molecule has 3 saturated carbocycles. The Morgan fingerprint density at radius 1 is 1.00 bits per heavy atom. The maximum Gasteiger partial charge on any atom is 0.00723 e. The molecule has 0 radical (unpaired) electrons. The molecule has 3 fully saturated rings. The summed E-state index contributed by atoms with van der Waals surface area (Å²) in [6, 6.07) is 1.57. The molecule has 0 aromatic heterocycles. The van der Waals surface area contributed by atoms with Gasteiger partial charge >= 0.3 is 0 Å². The van der Waals surface area contributed by atoms with Crippen molar-refractivity contribution in [2.45, 2.75) is 97.6 Å². The van der Waals surface area contributed by atoms with Gasteiger partial charge in [0.1, 0.15) is 0 Å². The average Bonchev–Trinajstić information content (AvgIpc) is 3.10. The molecule has 1 nitrogen and oxygen atoms in total. The molecule has 0 spiro atoms. The third-order valence-corrected chi connectivity index (χ3v) is 7.68. The van der Waals surface area contributed by atoms with E-state index in [4.69, 9.17) is 0 Å². The molecule has 21 heavy (non-hydrogen) atoms. The van der Waals surface area contributed by atoms with E-state index in [2.05, 4.69) is 33.0 Å². The van der Waals surface area contributed by atoms with Crippen LogP contribution in [0.25, 0.3) is 0 Å². The zero-order valence-electron chi connectivity index (χ0n) is 14.8. The normalized spacial score (nSPS) is 41.4. The fraction of sp³-hybridized carbons (Fsp3) is 1.00. The van der Waals surface area contributed by atoms with Gasteiger partial charge in [0.2, 0.25) is 0 Å². The van der Waals surface area contributed by atoms with Crippen LogP contribution in [0.5, 0.6) is 0 Å². The first kappa shape index (κ1) is 15.8. The van der Waals surface area contributed by atoms with Crippen LogP contribution in [0.2, 0.25) is 0 Å². The van der Waals surface area contributed by atoms with E-state index in [0.29, 0.717) is 5.41 Å². The van der Waals surface area contributed by atoms with E-state index < -0.39 is 0 Å². The predicted octanol–water partition coefficient (Wildman–Crippen LogP) is 5.40. The SMILES string of the molecule is CCC(C)(C)C1CCC(NC(C)C2CC3CCC2C3)CC1. The Labute approximate surface area is 132 Å². The lowest BCUT2D eigenvalue weighted by Gasteiger charge is -2.40. The molecule has 3 aliphatic carbocycles. The first-order valence-electron chi connectivity index (χ1n) is 9.75. The highest BCUT2D eigenvalue weighted by Gasteiger charge is 2.42. The van der Waals surface area contributed by atoms with Gasteiger partial charge in [0, 0.05) is 12.1 Å². The van der Waals surface area contributed by atoms with Crippen molar-refractivity contribution in [2.75, 3.05) is 0 Å². The van der Waals surface area contributed by atoms with Gasteiger partial charge in [0.05, 0.1) is 0 Å². The number of hydrogen-bond acceptors (Lipinski definition) is 1. The minimum absolute atomic E-state index is 0.557. The van der Waals surface area contributed by atoms with Gasteiger partial charge in [-0.1, -0.05) is 33.6 Å². The Hall–Kier alpha value is -0.0400. The Morgan fingerprint density at radius 2 is 1.71 bits per heavy atom. The van der Waals surface area contributed by atoms with Crippen LogP contribution in [-0.2, 0) is 0 Å². The molecule has 0 heterocycles. The molecular formula is C20H37N. The molecule has 122 valence electrons. The second-order valence-corrected chi connectivity index (χ2v) is 9.18. The topological polar surface area (TPSA) is 12.0 Å². The summed E-state index contributed by atoms with van der Waals surface area (Å²) in [5, 5.41) is 4.04. The van der Waals surface area contributed by atoms with Gasteiger partial charge in [-0.3, -0.25) is 0 Å². The van der Waals surface area contributed by atoms with Gasteiger partial charge < -0.3 is 5.32 Å². The highest BCUT2D eigenvalue weighted by atomic mass is 15.0. The van der Waals surface area contributed by atoms with E-state index in [0.717, 1.165) is 35.8 Å². The second kappa shape index (κ2) is 6.22. The zero-order chi connectivity index (χ0) is 15.0. The molecule has 3 rings (SSSR count). The Kier molecular flexibility index (Phi) is 4.69. The maximum absolute atomic E-state index is 4.04. The molecular weight excluding hydrogens is 254 g/mol. The van der Waals surface area contributed by atoms with Gasteiger partial charge in [-0.05, 0) is 81.0 Å². The molecule has 4 unspecified atom stereocenters. The van der Waals surface area contributed by atoms with E-state index in [1.54, 1.807) is 6.42 Å². The minimum atomic E-state index is 0.557. The molecule has 0 aliphatic heterocycles. The van der Waals surface area contributed by atoms with Crippen LogP contribution in [0.1, 0.15) is 85.5 Å². The van der Waals surface area contributed by atoms with E-state index in [9.17, 15) is 0 Å². The molecule has 0 amide bonds. The fourth-order valence-electron chi connectivity index (χ4n) is 5.73. The highest BCUT2D eigenvalue weighted by Crippen LogP contribution is 2.49. The lowest BCUT2D eigenvalue weighted by Crippen LogP contribution is -2.45. The molecule has 4 atom stereocenters. The van der Waals surface area contributed by atoms with Crippen molar-refractivity contribution in [2.24, 2.45) is 29.1 Å². The third kappa shape index (κ3) is 3.33. The van der Waals surface area contributed by atoms with Crippen LogP contribution in [0.3, 0.4) is 0 Å². The minimum Gasteiger partial charge on any atom is -0.311 e. The zero-order valence-corrected chi connectivity index (χ0v) is 14.8. The lowest BCUT2D eigenvalue weighted by atomic mass is 9.68. The van der Waals surface area contributed by atoms with Crippen molar-refractivity contribution in [1.29, 1.82) is 0 Å². The number of hydrogen-bond donors (Lipinski definition) is 1. The summed E-state index contributed by atoms with van der Waals surface area (Å²) in [5.41, 5.74) is 0.557. The van der Waals surface area contributed by atoms with Crippen LogP contribution >= 0.6 is 0 Å². The molecule has 0 saturated heterocycles. The van der Waals surface area contributed by atoms with Gasteiger partial charge in [-0.15, -0.1) is 0 Å². The third-order valence-electron chi connectivity index (χ3n) is 7.68. The monoisotopic (exact) mass is 291 g/mol. The Balaban J connectivity index is 1.45. The molecule has 0 aromatic rings. The summed E-state index contributed by atoms with van der Waals surface area (Å²) in [6.07, 6.45) is 13.2. The Morgan fingerprint density at radius 3 is 2.24 bits per heavy atom. The van der Waals surface area contributed by atoms with E-state index in [-0.39, 0.29) is 0 Å². The van der Waals surface area contributed by atoms with Crippen LogP contribution in [-0.4, -0.2) is 12.1 Å². The lowest BCUT2D eigenvalue weighted by molar-refractivity contribution is 0.128. The van der Waals surface area contributed by atoms with Crippen molar-refractivity contribution in [3.8, 4) is 0 Å². The summed E-state index contributed by atoms with van der Waals surface area (Å²) in [4.78, 5) is 0. The van der Waals surface area contributed by atoms with E-state index in [1.165, 1.54) is 51.4 Å². The van der Waals surface area contributed by atoms with Crippen molar-refractivity contribution < 1.29 is 0 Å². The molecule has 0 aromatic carbocycles. The molecule has 1 N–H and O–H groups in total. The maximum atomic E-state index is 4.04. The number of rotatable bonds is 5. The standard InChI is InChI=1S/C20H37N/c1-5-20(3,4)17-8-10-18(11-9-17)21-14(2)19-13-15-6-7-16(19)12-15/h14-19,21H,5-13H2,1-4H3. The first-order chi connectivity index (χ1) is 9.99. The van der Waals surface area contributed by atoms with Crippen molar-refractivity contribution in [3.63, 3.8) is 0 Å². The summed E-state index contributed by atoms with van der Waals surface area (Å²) in [5.74, 6) is 4.10. The fourth-order valence-corrected chi connectivity index (χ4v) is 5.73. The largest absolute Gasteiger partial charge is 0.311 e. The smallest absolute Gasteiger partial charge is 0.00723 e. The van der Waals surface area contributed by atoms with Crippen LogP contribution in [0.4, 0.5) is 0 Å². The molecule has 3 aliphatic rings. The van der Waals surface area contributed by atoms with Crippen molar-refractivity contribution >= 4 is 0 Å². The van der Waals surface area contributed by atoms with Gasteiger partial charge in [-0.2, -0.15) is 0 Å². The van der Waals surface area contributed by atoms with Crippen LogP contribution in [0, 0.1) is 29.1 Å². The van der Waals surface area contributed by atoms with Crippen molar-refractivity contribution in [1.82, 2.24) is 5.32 Å². The number of nitrogens with one attached hydrogen (secondary N) is 1. The van der Waals surface area contributed by atoms with E-state index in [1.807, 2.05) is 0 Å². The summed E-state index contributed by atoms with van der Waals surface area (Å²) in [7, 11) is 0. The summed E-state index contributed by atoms with van der Waals surface area (Å²) >= 11 is 0. The van der Waals surface area contributed by atoms with Gasteiger partial charge in [0.15, 0.2) is 0 Å². The second-order valence-electron chi connectivity index (χ2n) is 9.18. The molecule has 2 bridgehead atoms. The van der Waals surface area contributed by atoms with E-state index >= 15 is 0 Å². The van der Waals surface area contributed by atoms with Crippen LogP contribution < -0.4 is 5.32 Å². The number of fused-ring (bicyclic) bond motifs is 2. The quantitative estimate of drug-likeness (QED) is 0.715. The predicted molar refractivity (Wildman–Crippen MR) is 91.4 cm³/mol. The van der Waals surface area contributed by atoms with Gasteiger partial charge in [-0.25, -0.2) is 0 Å². The first-order valence-corrected chi connectivity index (χ1v) is 9.75. The van der Waals surface area contributed by atoms with Crippen LogP contribution in [0.15, 0.2) is 0 Å². The highest BCUT2D eigenvalue weighted by molar-refractivity contribution is 4.95. The summed E-state index contributed by atoms with van der Waals surface area (Å²) in [6.45, 7) is 9.79. The average molecular weight is 292 g/mol. The summed E-state index contributed by atoms with van der Waals surface area (Å²) < 4.78 is 0. The Bertz CT molecular complexity index is 340. The van der Waals surface area contributed by atoms with Crippen molar-refractivity contribution in [3.05, 3.63) is 0 Å².